The fraction of sp³-hybridized carbons (Fsp3) is 0.385. The molecule has 104 valence electrons. The van der Waals surface area contributed by atoms with Gasteiger partial charge in [0.25, 0.3) is 5.91 Å². The fourth-order valence-electron chi connectivity index (χ4n) is 1.57. The predicted molar refractivity (Wildman–Crippen MR) is 77.5 cm³/mol. The van der Waals surface area contributed by atoms with Crippen molar-refractivity contribution in [2.45, 2.75) is 26.3 Å². The van der Waals surface area contributed by atoms with Gasteiger partial charge in [-0.25, -0.2) is 4.79 Å². The minimum absolute atomic E-state index is 0.153. The van der Waals surface area contributed by atoms with Crippen molar-refractivity contribution < 1.29 is 14.7 Å². The molecule has 0 aliphatic carbocycles. The number of carbonyl (C=O) groups excluding carboxylic acids is 1. The standard InChI is InChI=1S/C13H15BrClNO3/c1-3-7(2)11(13(18)19)16-12(17)9-6-8(15)4-5-10(9)14/h4-7,11H,3H2,1-2H3,(H,16,17)(H,18,19)/t7?,11-/m0/s1. The van der Waals surface area contributed by atoms with Gasteiger partial charge in [-0.2, -0.15) is 0 Å². The molecule has 1 amide bonds. The van der Waals surface area contributed by atoms with E-state index in [1.165, 1.54) is 6.07 Å². The van der Waals surface area contributed by atoms with Crippen LogP contribution in [0, 0.1) is 5.92 Å². The van der Waals surface area contributed by atoms with E-state index in [0.29, 0.717) is 21.5 Å². The molecule has 2 N–H and O–H groups in total. The molecule has 19 heavy (non-hydrogen) atoms. The number of carboxylic acids is 1. The molecule has 0 aliphatic rings. The van der Waals surface area contributed by atoms with Gasteiger partial charge < -0.3 is 10.4 Å². The lowest BCUT2D eigenvalue weighted by atomic mass is 9.99. The van der Waals surface area contributed by atoms with Crippen LogP contribution in [0.2, 0.25) is 5.02 Å². The highest BCUT2D eigenvalue weighted by atomic mass is 79.9. The monoisotopic (exact) mass is 347 g/mol. The lowest BCUT2D eigenvalue weighted by Crippen LogP contribution is -2.45. The second kappa shape index (κ2) is 6.91. The second-order valence-electron chi connectivity index (χ2n) is 4.30. The van der Waals surface area contributed by atoms with Gasteiger partial charge in [-0.05, 0) is 40.0 Å². The van der Waals surface area contributed by atoms with Gasteiger partial charge in [0.15, 0.2) is 0 Å². The number of amides is 1. The van der Waals surface area contributed by atoms with Gasteiger partial charge in [-0.15, -0.1) is 0 Å². The molecule has 0 bridgehead atoms. The summed E-state index contributed by atoms with van der Waals surface area (Å²) in [6, 6.07) is 3.88. The maximum absolute atomic E-state index is 12.1. The average Bonchev–Trinajstić information content (AvgIpc) is 2.37. The Morgan fingerprint density at radius 1 is 1.47 bits per heavy atom. The van der Waals surface area contributed by atoms with E-state index < -0.39 is 17.9 Å². The Morgan fingerprint density at radius 3 is 2.63 bits per heavy atom. The number of benzene rings is 1. The van der Waals surface area contributed by atoms with Gasteiger partial charge in [0.1, 0.15) is 6.04 Å². The molecule has 0 radical (unpaired) electrons. The lowest BCUT2D eigenvalue weighted by Gasteiger charge is -2.20. The Labute approximate surface area is 125 Å². The summed E-state index contributed by atoms with van der Waals surface area (Å²) >= 11 is 9.08. The Kier molecular flexibility index (Phi) is 5.82. The highest BCUT2D eigenvalue weighted by Gasteiger charge is 2.26. The highest BCUT2D eigenvalue weighted by molar-refractivity contribution is 9.10. The zero-order chi connectivity index (χ0) is 14.6. The van der Waals surface area contributed by atoms with Crippen LogP contribution in [0.3, 0.4) is 0 Å². The number of aliphatic carboxylic acids is 1. The van der Waals surface area contributed by atoms with E-state index in [4.69, 9.17) is 16.7 Å². The van der Waals surface area contributed by atoms with E-state index in [1.807, 2.05) is 6.92 Å². The molecule has 0 spiro atoms. The van der Waals surface area contributed by atoms with Gasteiger partial charge >= 0.3 is 5.97 Å². The number of carboxylic acid groups (broad SMARTS) is 1. The first-order valence-corrected chi connectivity index (χ1v) is 7.02. The molecule has 1 unspecified atom stereocenters. The van der Waals surface area contributed by atoms with Gasteiger partial charge in [-0.1, -0.05) is 31.9 Å². The lowest BCUT2D eigenvalue weighted by molar-refractivity contribution is -0.140. The molecule has 1 aromatic rings. The number of rotatable bonds is 5. The third kappa shape index (κ3) is 4.21. The summed E-state index contributed by atoms with van der Waals surface area (Å²) in [6.45, 7) is 3.66. The highest BCUT2D eigenvalue weighted by Crippen LogP contribution is 2.21. The van der Waals surface area contributed by atoms with Crippen LogP contribution < -0.4 is 5.32 Å². The van der Waals surface area contributed by atoms with Crippen LogP contribution in [0.1, 0.15) is 30.6 Å². The summed E-state index contributed by atoms with van der Waals surface area (Å²) in [7, 11) is 0. The van der Waals surface area contributed by atoms with E-state index in [9.17, 15) is 9.59 Å². The molecule has 0 saturated carbocycles. The summed E-state index contributed by atoms with van der Waals surface area (Å²) in [5.74, 6) is -1.65. The van der Waals surface area contributed by atoms with Crippen LogP contribution in [-0.2, 0) is 4.79 Å². The van der Waals surface area contributed by atoms with Crippen molar-refractivity contribution in [1.82, 2.24) is 5.32 Å². The van der Waals surface area contributed by atoms with Gasteiger partial charge in [0, 0.05) is 9.50 Å². The van der Waals surface area contributed by atoms with E-state index in [-0.39, 0.29) is 5.92 Å². The zero-order valence-corrected chi connectivity index (χ0v) is 13.0. The Hall–Kier alpha value is -1.07. The van der Waals surface area contributed by atoms with Crippen molar-refractivity contribution in [3.8, 4) is 0 Å². The first-order chi connectivity index (χ1) is 8.86. The van der Waals surface area contributed by atoms with Crippen LogP contribution in [-0.4, -0.2) is 23.0 Å². The van der Waals surface area contributed by atoms with Crippen LogP contribution in [0.5, 0.6) is 0 Å². The minimum atomic E-state index is -1.04. The SMILES string of the molecule is CCC(C)[C@H](NC(=O)c1cc(Cl)ccc1Br)C(=O)O. The van der Waals surface area contributed by atoms with Crippen LogP contribution >= 0.6 is 27.5 Å². The molecule has 6 heteroatoms. The fourth-order valence-corrected chi connectivity index (χ4v) is 2.17. The van der Waals surface area contributed by atoms with Crippen molar-refractivity contribution in [3.63, 3.8) is 0 Å². The summed E-state index contributed by atoms with van der Waals surface area (Å²) in [4.78, 5) is 23.3. The second-order valence-corrected chi connectivity index (χ2v) is 5.59. The molecule has 0 aromatic heterocycles. The molecule has 0 aliphatic heterocycles. The maximum Gasteiger partial charge on any atom is 0.326 e. The third-order valence-corrected chi connectivity index (χ3v) is 3.87. The Balaban J connectivity index is 2.94. The van der Waals surface area contributed by atoms with E-state index in [0.717, 1.165) is 0 Å². The normalized spacial score (nSPS) is 13.7. The molecule has 0 saturated heterocycles. The van der Waals surface area contributed by atoms with Crippen molar-refractivity contribution in [2.24, 2.45) is 5.92 Å². The molecule has 0 fully saturated rings. The molecule has 2 atom stereocenters. The van der Waals surface area contributed by atoms with Gasteiger partial charge in [0.05, 0.1) is 5.56 Å². The molecule has 4 nitrogen and oxygen atoms in total. The number of carbonyl (C=O) groups is 2. The van der Waals surface area contributed by atoms with Crippen molar-refractivity contribution >= 4 is 39.4 Å². The summed E-state index contributed by atoms with van der Waals surface area (Å²) in [5.41, 5.74) is 0.321. The number of hydrogen-bond acceptors (Lipinski definition) is 2. The Morgan fingerprint density at radius 2 is 2.11 bits per heavy atom. The zero-order valence-electron chi connectivity index (χ0n) is 10.6. The maximum atomic E-state index is 12.1. The number of nitrogens with one attached hydrogen (secondary N) is 1. The van der Waals surface area contributed by atoms with Crippen molar-refractivity contribution in [2.75, 3.05) is 0 Å². The molecule has 1 aromatic carbocycles. The smallest absolute Gasteiger partial charge is 0.326 e. The first kappa shape index (κ1) is 16.0. The quantitative estimate of drug-likeness (QED) is 0.857. The first-order valence-electron chi connectivity index (χ1n) is 5.85. The van der Waals surface area contributed by atoms with Crippen molar-refractivity contribution in [3.05, 3.63) is 33.3 Å². The summed E-state index contributed by atoms with van der Waals surface area (Å²) < 4.78 is 0.572. The molecule has 0 heterocycles. The summed E-state index contributed by atoms with van der Waals surface area (Å²) in [6.07, 6.45) is 0.661. The van der Waals surface area contributed by atoms with E-state index in [1.54, 1.807) is 19.1 Å². The topological polar surface area (TPSA) is 66.4 Å². The van der Waals surface area contributed by atoms with Gasteiger partial charge in [-0.3, -0.25) is 4.79 Å². The minimum Gasteiger partial charge on any atom is -0.480 e. The number of hydrogen-bond donors (Lipinski definition) is 2. The Bertz CT molecular complexity index is 493. The largest absolute Gasteiger partial charge is 0.480 e. The van der Waals surface area contributed by atoms with E-state index in [2.05, 4.69) is 21.2 Å². The molecule has 1 rings (SSSR count). The van der Waals surface area contributed by atoms with Gasteiger partial charge in [0.2, 0.25) is 0 Å². The van der Waals surface area contributed by atoms with Crippen molar-refractivity contribution in [1.29, 1.82) is 0 Å². The summed E-state index contributed by atoms with van der Waals surface area (Å²) in [5, 5.41) is 12.1. The van der Waals surface area contributed by atoms with Crippen LogP contribution in [0.25, 0.3) is 0 Å². The third-order valence-electron chi connectivity index (χ3n) is 2.94. The average molecular weight is 349 g/mol. The predicted octanol–water partition coefficient (Wildman–Crippen LogP) is 3.33. The van der Waals surface area contributed by atoms with Crippen LogP contribution in [0.15, 0.2) is 22.7 Å². The molecular weight excluding hydrogens is 334 g/mol. The van der Waals surface area contributed by atoms with Crippen LogP contribution in [0.4, 0.5) is 0 Å². The number of halogens is 2. The molecular formula is C13H15BrClNO3. The van der Waals surface area contributed by atoms with E-state index >= 15 is 0 Å².